The number of likely N-dealkylation sites (N-methyl/N-ethyl adjacent to an activating group) is 2. The number of nitrogens with zero attached hydrogens (tertiary/aromatic N) is 2. The molecule has 6 saturated heterocycles. The number of aromatic hydroxyl groups is 3. The van der Waals surface area contributed by atoms with E-state index in [-0.39, 0.29) is 90.2 Å². The fourth-order valence-corrected chi connectivity index (χ4v) is 13.7. The number of ether oxygens (including phenoxy) is 13. The molecule has 2 aliphatic carbocycles. The minimum absolute atomic E-state index is 0.0175. The number of phenols is 3. The second-order valence-corrected chi connectivity index (χ2v) is 24.3. The molecule has 7 heterocycles. The number of benzene rings is 2. The van der Waals surface area contributed by atoms with Crippen molar-refractivity contribution in [2.45, 2.75) is 241 Å². The zero-order chi connectivity index (χ0) is 59.2. The van der Waals surface area contributed by atoms with Crippen molar-refractivity contribution in [3.05, 3.63) is 63.7 Å². The van der Waals surface area contributed by atoms with Crippen molar-refractivity contribution in [2.24, 2.45) is 0 Å². The van der Waals surface area contributed by atoms with Crippen LogP contribution in [0.5, 0.6) is 17.2 Å². The molecule has 6 fully saturated rings. The van der Waals surface area contributed by atoms with Crippen molar-refractivity contribution in [2.75, 3.05) is 28.2 Å². The van der Waals surface area contributed by atoms with Gasteiger partial charge in [-0.2, -0.15) is 0 Å². The molecule has 7 aliphatic heterocycles. The van der Waals surface area contributed by atoms with Crippen molar-refractivity contribution in [3.8, 4) is 17.2 Å². The Morgan fingerprint density at radius 2 is 1.23 bits per heavy atom. The molecule has 0 radical (unpaired) electrons. The molecule has 0 saturated carbocycles. The van der Waals surface area contributed by atoms with Gasteiger partial charge in [-0.1, -0.05) is 19.1 Å². The molecule has 2 aromatic carbocycles. The number of hydrogen-bond donors (Lipinski definition) is 4. The predicted molar refractivity (Wildman–Crippen MR) is 288 cm³/mol. The summed E-state index contributed by atoms with van der Waals surface area (Å²) in [5.74, 6) is -3.80. The highest BCUT2D eigenvalue weighted by molar-refractivity contribution is 6.31. The Kier molecular flexibility index (Phi) is 17.2. The van der Waals surface area contributed by atoms with E-state index in [2.05, 4.69) is 0 Å². The van der Waals surface area contributed by atoms with Crippen LogP contribution in [0.3, 0.4) is 0 Å². The van der Waals surface area contributed by atoms with Crippen molar-refractivity contribution in [3.63, 3.8) is 0 Å². The first-order chi connectivity index (χ1) is 39.4. The number of ketones is 4. The average Bonchev–Trinajstić information content (AvgIpc) is 1.62. The summed E-state index contributed by atoms with van der Waals surface area (Å²) in [4.78, 5) is 57.6. The molecule has 4 N–H and O–H groups in total. The van der Waals surface area contributed by atoms with E-state index < -0.39 is 157 Å². The fourth-order valence-electron chi connectivity index (χ4n) is 13.7. The van der Waals surface area contributed by atoms with Crippen LogP contribution in [0.1, 0.15) is 155 Å². The smallest absolute Gasteiger partial charge is 0.202 e. The Hall–Kier alpha value is -4.38. The minimum Gasteiger partial charge on any atom is -0.507 e. The molecule has 9 aliphatic rings. The molecular formula is C60H80N2O21. The van der Waals surface area contributed by atoms with Gasteiger partial charge < -0.3 is 91.8 Å². The Morgan fingerprint density at radius 1 is 0.614 bits per heavy atom. The first-order valence-corrected chi connectivity index (χ1v) is 29.3. The second-order valence-electron chi connectivity index (χ2n) is 24.3. The summed E-state index contributed by atoms with van der Waals surface area (Å²) in [5.41, 5.74) is -3.72. The summed E-state index contributed by atoms with van der Waals surface area (Å²) >= 11 is 0. The third kappa shape index (κ3) is 11.4. The maximum atomic E-state index is 14.6. The van der Waals surface area contributed by atoms with E-state index in [1.165, 1.54) is 24.3 Å². The normalized spacial score (nSPS) is 41.8. The minimum atomic E-state index is -1.88. The number of hydrogen-bond acceptors (Lipinski definition) is 23. The van der Waals surface area contributed by atoms with Gasteiger partial charge in [0.25, 0.3) is 0 Å². The van der Waals surface area contributed by atoms with E-state index in [1.807, 2.05) is 65.7 Å². The van der Waals surface area contributed by atoms with Crippen LogP contribution in [0.2, 0.25) is 0 Å². The maximum absolute atomic E-state index is 14.6. The number of carbonyl (C=O) groups is 4. The summed E-state index contributed by atoms with van der Waals surface area (Å²) in [6, 6.07) is 3.30. The van der Waals surface area contributed by atoms with E-state index in [0.717, 1.165) is 0 Å². The predicted octanol–water partition coefficient (Wildman–Crippen LogP) is 4.91. The van der Waals surface area contributed by atoms with Crippen LogP contribution in [0.15, 0.2) is 30.4 Å². The highest BCUT2D eigenvalue weighted by Gasteiger charge is 2.56. The first-order valence-electron chi connectivity index (χ1n) is 29.3. The van der Waals surface area contributed by atoms with Gasteiger partial charge in [-0.15, -0.1) is 0 Å². The molecule has 83 heavy (non-hydrogen) atoms. The molecule has 0 bridgehead atoms. The Labute approximate surface area is 482 Å². The number of rotatable bonds is 13. The number of phenolic OH excluding ortho intramolecular Hbond substituents is 3. The standard InChI is InChI=1S/C60H80N2O21/c1-12-60(70)24-40(79-43-20-32(61(8)9)56(29(6)73-43)81-45-23-38-57(30(7)75-45)83-59-39(77-38)22-36(65)26(3)76-59)47-50(54(69)48-49(53(47)68)52(67)46-31(51(48)66)14-13-15-35(46)64)58(60)82-44-21-33(62(10)11)55(28(5)74-44)80-42-19-17-37(27(4)72-42)78-41-18-16-34(63)25(2)71-41/h13-16,18,25-30,32-33,37-45,55-59,64,68-70H,12,17,19-24H2,1-11H3/t25-,26+,27-,28+,29+,30+,32+,33+,37+,38+,39+,40+,41+,42+,43+,44+,45+,55-,56-,57-,58-,59+,60?/m1/s1. The molecule has 456 valence electrons. The number of aliphatic hydroxyl groups is 1. The van der Waals surface area contributed by atoms with E-state index in [0.29, 0.717) is 19.3 Å². The lowest BCUT2D eigenvalue weighted by Gasteiger charge is -2.51. The van der Waals surface area contributed by atoms with Crippen molar-refractivity contribution in [1.29, 1.82) is 0 Å². The zero-order valence-corrected chi connectivity index (χ0v) is 48.9. The summed E-state index contributed by atoms with van der Waals surface area (Å²) < 4.78 is 83.8. The third-order valence-corrected chi connectivity index (χ3v) is 18.3. The van der Waals surface area contributed by atoms with Crippen LogP contribution in [0.4, 0.5) is 0 Å². The lowest BCUT2D eigenvalue weighted by molar-refractivity contribution is -0.371. The van der Waals surface area contributed by atoms with Crippen LogP contribution in [0, 0.1) is 0 Å². The molecule has 2 aromatic rings. The highest BCUT2D eigenvalue weighted by atomic mass is 16.8. The van der Waals surface area contributed by atoms with Crippen LogP contribution in [-0.4, -0.2) is 210 Å². The van der Waals surface area contributed by atoms with Gasteiger partial charge in [0.1, 0.15) is 60.0 Å². The molecule has 0 amide bonds. The molecule has 0 spiro atoms. The topological polar surface area (TPSA) is 276 Å². The maximum Gasteiger partial charge on any atom is 0.202 e. The van der Waals surface area contributed by atoms with E-state index in [9.17, 15) is 39.6 Å². The summed E-state index contributed by atoms with van der Waals surface area (Å²) in [6.45, 7) is 12.6. The van der Waals surface area contributed by atoms with E-state index in [1.54, 1.807) is 26.8 Å². The van der Waals surface area contributed by atoms with Gasteiger partial charge in [0, 0.05) is 67.3 Å². The molecule has 23 heteroatoms. The van der Waals surface area contributed by atoms with Crippen molar-refractivity contribution >= 4 is 23.1 Å². The summed E-state index contributed by atoms with van der Waals surface area (Å²) in [5, 5.41) is 49.4. The lowest BCUT2D eigenvalue weighted by Crippen LogP contribution is -2.62. The molecule has 1 unspecified atom stereocenters. The van der Waals surface area contributed by atoms with Gasteiger partial charge in [-0.25, -0.2) is 0 Å². The largest absolute Gasteiger partial charge is 0.507 e. The van der Waals surface area contributed by atoms with Gasteiger partial charge in [-0.3, -0.25) is 19.2 Å². The zero-order valence-electron chi connectivity index (χ0n) is 48.9. The van der Waals surface area contributed by atoms with Gasteiger partial charge in [-0.05, 0) is 101 Å². The van der Waals surface area contributed by atoms with Crippen molar-refractivity contribution in [1.82, 2.24) is 9.80 Å². The number of fused-ring (bicyclic) bond motifs is 5. The highest BCUT2D eigenvalue weighted by Crippen LogP contribution is 2.58. The van der Waals surface area contributed by atoms with Crippen LogP contribution >= 0.6 is 0 Å². The van der Waals surface area contributed by atoms with Crippen LogP contribution < -0.4 is 0 Å². The number of Topliss-reactive ketones (excluding diaryl/α,β-unsaturated/α-hetero) is 1. The Morgan fingerprint density at radius 3 is 1.88 bits per heavy atom. The molecule has 0 aromatic heterocycles. The lowest BCUT2D eigenvalue weighted by atomic mass is 9.70. The first kappa shape index (κ1) is 60.3. The van der Waals surface area contributed by atoms with Gasteiger partial charge in [0.2, 0.25) is 5.78 Å². The van der Waals surface area contributed by atoms with Gasteiger partial charge >= 0.3 is 0 Å². The average molecular weight is 1170 g/mol. The van der Waals surface area contributed by atoms with Crippen LogP contribution in [-0.2, 0) is 71.2 Å². The van der Waals surface area contributed by atoms with E-state index in [4.69, 9.17) is 61.6 Å². The van der Waals surface area contributed by atoms with E-state index >= 15 is 0 Å². The second kappa shape index (κ2) is 23.7. The summed E-state index contributed by atoms with van der Waals surface area (Å²) in [6.07, 6.45) is -9.03. The fraction of sp³-hybridized carbons (Fsp3) is 0.700. The van der Waals surface area contributed by atoms with Crippen molar-refractivity contribution < 1.29 is 101 Å². The van der Waals surface area contributed by atoms with Gasteiger partial charge in [0.15, 0.2) is 55.1 Å². The Bertz CT molecular complexity index is 2830. The Balaban J connectivity index is 0.845. The SMILES string of the molecule is CCC1(O)C[C@H](O[C@H]2C[C@H](N(C)C)[C@H](O[C@H]3C[C@@H]4O[C@H]5CC(=O)[C@H](C)O[C@H]5O[C@@H]4[C@H](C)O3)[C@H](C)O2)c2c(O)c3c(c(O)c2[C@H]1O[C@H]1C[C@H](N(C)C)[C@H](O[C@H]2CC[C@H](O[C@H]4C=CC(=O)[C@@H](C)O4)[C@@H](C)O2)[C@H](C)O1)C(=O)c1cccc(O)c1C3=O. The van der Waals surface area contributed by atoms with Crippen LogP contribution in [0.25, 0.3) is 0 Å². The number of carbonyl (C=O) groups excluding carboxylic acids is 4. The molecule has 23 atom stereocenters. The molecule has 11 rings (SSSR count). The third-order valence-electron chi connectivity index (χ3n) is 18.3. The molecular weight excluding hydrogens is 1080 g/mol. The summed E-state index contributed by atoms with van der Waals surface area (Å²) in [7, 11) is 7.59. The van der Waals surface area contributed by atoms with Gasteiger partial charge in [0.05, 0.1) is 65.0 Å². The molecule has 23 nitrogen and oxygen atoms in total. The monoisotopic (exact) mass is 1160 g/mol. The quantitative estimate of drug-likeness (QED) is 0.166.